The third kappa shape index (κ3) is 5.82. The zero-order valence-electron chi connectivity index (χ0n) is 10.9. The summed E-state index contributed by atoms with van der Waals surface area (Å²) in [7, 11) is -3.26. The lowest BCUT2D eigenvalue weighted by Gasteiger charge is -2.20. The minimum atomic E-state index is -3.26. The van der Waals surface area contributed by atoms with Gasteiger partial charge in [0, 0.05) is 13.1 Å². The number of likely N-dealkylation sites (tertiary alicyclic amines) is 1. The summed E-state index contributed by atoms with van der Waals surface area (Å²) in [5.41, 5.74) is 5.32. The van der Waals surface area contributed by atoms with E-state index < -0.39 is 9.84 Å². The molecule has 1 rings (SSSR count). The summed E-state index contributed by atoms with van der Waals surface area (Å²) >= 11 is 0. The number of rotatable bonds is 6. The van der Waals surface area contributed by atoms with Gasteiger partial charge in [-0.1, -0.05) is 12.8 Å². The molecule has 0 atom stereocenters. The van der Waals surface area contributed by atoms with E-state index in [-0.39, 0.29) is 17.4 Å². The Balaban J connectivity index is 2.41. The van der Waals surface area contributed by atoms with Crippen molar-refractivity contribution in [3.05, 3.63) is 0 Å². The van der Waals surface area contributed by atoms with E-state index in [0.29, 0.717) is 32.5 Å². The molecule has 1 heterocycles. The molecule has 1 fully saturated rings. The predicted octanol–water partition coefficient (Wildman–Crippen LogP) is 0.543. The number of hydrogen-bond donors (Lipinski definition) is 1. The lowest BCUT2D eigenvalue weighted by atomic mass is 10.2. The second-order valence-corrected chi connectivity index (χ2v) is 7.07. The Labute approximate surface area is 110 Å². The quantitative estimate of drug-likeness (QED) is 0.718. The van der Waals surface area contributed by atoms with Gasteiger partial charge in [-0.15, -0.1) is 0 Å². The standard InChI is InChI=1S/C12H24N2O3S/c13-7-3-6-10-18(16,17)11-12(15)14-8-4-1-2-5-9-14/h1-11,13H2. The molecule has 0 aromatic carbocycles. The Kier molecular flexibility index (Phi) is 6.63. The van der Waals surface area contributed by atoms with E-state index in [2.05, 4.69) is 0 Å². The fourth-order valence-corrected chi connectivity index (χ4v) is 3.49. The van der Waals surface area contributed by atoms with Gasteiger partial charge in [0.1, 0.15) is 5.75 Å². The number of sulfone groups is 1. The molecule has 0 bridgehead atoms. The van der Waals surface area contributed by atoms with Gasteiger partial charge in [-0.05, 0) is 32.2 Å². The Hall–Kier alpha value is -0.620. The van der Waals surface area contributed by atoms with Crippen LogP contribution in [0.3, 0.4) is 0 Å². The molecule has 1 saturated heterocycles. The number of amides is 1. The summed E-state index contributed by atoms with van der Waals surface area (Å²) in [5.74, 6) is -0.494. The van der Waals surface area contributed by atoms with Crippen LogP contribution in [0.2, 0.25) is 0 Å². The molecule has 0 spiro atoms. The molecule has 0 unspecified atom stereocenters. The largest absolute Gasteiger partial charge is 0.342 e. The predicted molar refractivity (Wildman–Crippen MR) is 72.0 cm³/mol. The molecular formula is C12H24N2O3S. The van der Waals surface area contributed by atoms with Crippen molar-refractivity contribution in [1.82, 2.24) is 4.90 Å². The monoisotopic (exact) mass is 276 g/mol. The zero-order chi connectivity index (χ0) is 13.4. The van der Waals surface area contributed by atoms with Crippen molar-refractivity contribution >= 4 is 15.7 Å². The topological polar surface area (TPSA) is 80.5 Å². The summed E-state index contributed by atoms with van der Waals surface area (Å²) < 4.78 is 23.5. The minimum absolute atomic E-state index is 0.0732. The van der Waals surface area contributed by atoms with Gasteiger partial charge in [0.2, 0.25) is 5.91 Å². The second-order valence-electron chi connectivity index (χ2n) is 4.88. The van der Waals surface area contributed by atoms with Crippen molar-refractivity contribution < 1.29 is 13.2 Å². The maximum Gasteiger partial charge on any atom is 0.237 e. The molecule has 1 aliphatic rings. The van der Waals surface area contributed by atoms with Crippen molar-refractivity contribution in [3.63, 3.8) is 0 Å². The molecule has 0 aromatic heterocycles. The lowest BCUT2D eigenvalue weighted by molar-refractivity contribution is -0.128. The summed E-state index contributed by atoms with van der Waals surface area (Å²) in [4.78, 5) is 13.6. The molecule has 1 amide bonds. The molecule has 0 radical (unpaired) electrons. The van der Waals surface area contributed by atoms with Gasteiger partial charge in [-0.3, -0.25) is 4.79 Å². The van der Waals surface area contributed by atoms with Crippen molar-refractivity contribution in [2.24, 2.45) is 5.73 Å². The highest BCUT2D eigenvalue weighted by Crippen LogP contribution is 2.10. The van der Waals surface area contributed by atoms with Gasteiger partial charge in [-0.2, -0.15) is 0 Å². The van der Waals surface area contributed by atoms with Crippen molar-refractivity contribution in [2.75, 3.05) is 31.1 Å². The van der Waals surface area contributed by atoms with Crippen LogP contribution in [0.4, 0.5) is 0 Å². The molecule has 2 N–H and O–H groups in total. The first-order valence-corrected chi connectivity index (χ1v) is 8.55. The first kappa shape index (κ1) is 15.4. The van der Waals surface area contributed by atoms with E-state index in [1.54, 1.807) is 4.90 Å². The fourth-order valence-electron chi connectivity index (χ4n) is 2.14. The number of nitrogens with zero attached hydrogens (tertiary/aromatic N) is 1. The van der Waals surface area contributed by atoms with Gasteiger partial charge in [0.25, 0.3) is 0 Å². The number of carbonyl (C=O) groups excluding carboxylic acids is 1. The highest BCUT2D eigenvalue weighted by atomic mass is 32.2. The Morgan fingerprint density at radius 1 is 1.06 bits per heavy atom. The van der Waals surface area contributed by atoms with Gasteiger partial charge >= 0.3 is 0 Å². The molecule has 5 nitrogen and oxygen atoms in total. The van der Waals surface area contributed by atoms with E-state index in [1.807, 2.05) is 0 Å². The van der Waals surface area contributed by atoms with Crippen LogP contribution in [0.1, 0.15) is 38.5 Å². The number of carbonyl (C=O) groups is 1. The van der Waals surface area contributed by atoms with Gasteiger partial charge in [0.15, 0.2) is 9.84 Å². The highest BCUT2D eigenvalue weighted by Gasteiger charge is 2.22. The molecule has 1 aliphatic heterocycles. The van der Waals surface area contributed by atoms with Crippen LogP contribution in [-0.2, 0) is 14.6 Å². The van der Waals surface area contributed by atoms with E-state index in [0.717, 1.165) is 25.7 Å². The molecular weight excluding hydrogens is 252 g/mol. The van der Waals surface area contributed by atoms with Crippen LogP contribution in [0.5, 0.6) is 0 Å². The number of unbranched alkanes of at least 4 members (excludes halogenated alkanes) is 1. The fraction of sp³-hybridized carbons (Fsp3) is 0.917. The lowest BCUT2D eigenvalue weighted by Crippen LogP contribution is -2.37. The summed E-state index contributed by atoms with van der Waals surface area (Å²) in [6, 6.07) is 0. The van der Waals surface area contributed by atoms with Crippen LogP contribution in [-0.4, -0.2) is 50.4 Å². The van der Waals surface area contributed by atoms with Gasteiger partial charge in [0.05, 0.1) is 5.75 Å². The van der Waals surface area contributed by atoms with E-state index in [4.69, 9.17) is 5.73 Å². The zero-order valence-corrected chi connectivity index (χ0v) is 11.8. The molecule has 0 saturated carbocycles. The van der Waals surface area contributed by atoms with Crippen molar-refractivity contribution in [2.45, 2.75) is 38.5 Å². The minimum Gasteiger partial charge on any atom is -0.342 e. The number of nitrogens with two attached hydrogens (primary N) is 1. The van der Waals surface area contributed by atoms with Crippen molar-refractivity contribution in [1.29, 1.82) is 0 Å². The molecule has 6 heteroatoms. The first-order chi connectivity index (χ1) is 8.55. The van der Waals surface area contributed by atoms with Crippen LogP contribution < -0.4 is 5.73 Å². The number of hydrogen-bond acceptors (Lipinski definition) is 4. The average molecular weight is 276 g/mol. The Bertz CT molecular complexity index is 346. The van der Waals surface area contributed by atoms with Crippen LogP contribution >= 0.6 is 0 Å². The van der Waals surface area contributed by atoms with Crippen LogP contribution in [0.15, 0.2) is 0 Å². The summed E-state index contributed by atoms with van der Waals surface area (Å²) in [5, 5.41) is 0. The van der Waals surface area contributed by atoms with E-state index >= 15 is 0 Å². The smallest absolute Gasteiger partial charge is 0.237 e. The average Bonchev–Trinajstić information content (AvgIpc) is 2.57. The third-order valence-electron chi connectivity index (χ3n) is 3.21. The van der Waals surface area contributed by atoms with E-state index in [1.165, 1.54) is 0 Å². The molecule has 0 aliphatic carbocycles. The van der Waals surface area contributed by atoms with Crippen LogP contribution in [0.25, 0.3) is 0 Å². The van der Waals surface area contributed by atoms with Crippen molar-refractivity contribution in [3.8, 4) is 0 Å². The highest BCUT2D eigenvalue weighted by molar-refractivity contribution is 7.92. The maximum atomic E-state index is 11.9. The van der Waals surface area contributed by atoms with Gasteiger partial charge in [-0.25, -0.2) is 8.42 Å². The summed E-state index contributed by atoms with van der Waals surface area (Å²) in [6.07, 6.45) is 5.47. The van der Waals surface area contributed by atoms with Crippen LogP contribution in [0, 0.1) is 0 Å². The Morgan fingerprint density at radius 3 is 2.22 bits per heavy atom. The Morgan fingerprint density at radius 2 is 1.67 bits per heavy atom. The van der Waals surface area contributed by atoms with Gasteiger partial charge < -0.3 is 10.6 Å². The second kappa shape index (κ2) is 7.74. The normalized spacial score (nSPS) is 17.5. The third-order valence-corrected chi connectivity index (χ3v) is 4.81. The molecule has 18 heavy (non-hydrogen) atoms. The van der Waals surface area contributed by atoms with E-state index in [9.17, 15) is 13.2 Å². The SMILES string of the molecule is NCCCCS(=O)(=O)CC(=O)N1CCCCCC1. The molecule has 0 aromatic rings. The first-order valence-electron chi connectivity index (χ1n) is 6.73. The summed E-state index contributed by atoms with van der Waals surface area (Å²) in [6.45, 7) is 1.91. The molecule has 106 valence electrons. The maximum absolute atomic E-state index is 11.9.